The molecule has 1 fully saturated rings. The van der Waals surface area contributed by atoms with Gasteiger partial charge in [0.25, 0.3) is 0 Å². The third-order valence-corrected chi connectivity index (χ3v) is 1.16. The molecule has 1 saturated heterocycles. The van der Waals surface area contributed by atoms with Crippen molar-refractivity contribution in [2.45, 2.75) is 26.5 Å². The smallest absolute Gasteiger partial charge is 0.162 e. The number of rotatable bonds is 1. The largest absolute Gasteiger partial charge is 0.371 e. The number of nitrogens with one attached hydrogen (secondary N) is 1. The molecule has 0 saturated carbocycles. The molecule has 0 bridgehead atoms. The molecule has 1 unspecified atom stereocenters. The lowest BCUT2D eigenvalue weighted by atomic mass is 10.2. The van der Waals surface area contributed by atoms with E-state index in [0.717, 1.165) is 0 Å². The summed E-state index contributed by atoms with van der Waals surface area (Å²) in [5.41, 5.74) is 1.72. The summed E-state index contributed by atoms with van der Waals surface area (Å²) in [5, 5.41) is 8.98. The highest BCUT2D eigenvalue weighted by Gasteiger charge is 2.33. The predicted molar refractivity (Wildman–Crippen MR) is 31.1 cm³/mol. The molecule has 0 amide bonds. The van der Waals surface area contributed by atoms with E-state index in [1.807, 2.05) is 6.92 Å². The average molecular weight is 119 g/mol. The first-order valence-corrected chi connectivity index (χ1v) is 2.38. The molecule has 2 N–H and O–H groups in total. The second-order valence-corrected chi connectivity index (χ2v) is 1.78. The van der Waals surface area contributed by atoms with Crippen molar-refractivity contribution in [3.05, 3.63) is 0 Å². The van der Waals surface area contributed by atoms with Gasteiger partial charge in [-0.05, 0) is 6.42 Å². The van der Waals surface area contributed by atoms with Crippen molar-refractivity contribution in [3.63, 3.8) is 0 Å². The van der Waals surface area contributed by atoms with Crippen LogP contribution in [0, 0.1) is 0 Å². The van der Waals surface area contributed by atoms with E-state index in [1.165, 1.54) is 0 Å². The molecular weight excluding hydrogens is 106 g/mol. The van der Waals surface area contributed by atoms with E-state index in [2.05, 4.69) is 10.3 Å². The molecule has 1 rings (SSSR count). The van der Waals surface area contributed by atoms with Gasteiger partial charge in [0.15, 0.2) is 5.72 Å². The van der Waals surface area contributed by atoms with Crippen LogP contribution >= 0.6 is 0 Å². The van der Waals surface area contributed by atoms with E-state index in [4.69, 9.17) is 5.11 Å². The van der Waals surface area contributed by atoms with Gasteiger partial charge < -0.3 is 5.11 Å². The predicted octanol–water partition coefficient (Wildman–Crippen LogP) is 0.256. The topological polar surface area (TPSA) is 41.5 Å². The number of hydrogen-bond donors (Lipinski definition) is 2. The average Bonchev–Trinajstić information content (AvgIpc) is 1.61. The van der Waals surface area contributed by atoms with Crippen molar-refractivity contribution in [3.8, 4) is 0 Å². The Labute approximate surface area is 49.6 Å². The summed E-state index contributed by atoms with van der Waals surface area (Å²) in [7, 11) is 0. The Bertz CT molecular complexity index is 65.3. The van der Waals surface area contributed by atoms with Crippen molar-refractivity contribution < 1.29 is 9.94 Å². The Hall–Kier alpha value is -0.120. The molecule has 3 nitrogen and oxygen atoms in total. The summed E-state index contributed by atoms with van der Waals surface area (Å²) in [4.78, 5) is 4.53. The maximum Gasteiger partial charge on any atom is 0.162 e. The van der Waals surface area contributed by atoms with Gasteiger partial charge in [-0.25, -0.2) is 0 Å². The minimum Gasteiger partial charge on any atom is -0.371 e. The minimum atomic E-state index is -0.708. The molecule has 0 aromatic heterocycles. The first-order chi connectivity index (χ1) is 3.27. The van der Waals surface area contributed by atoms with Gasteiger partial charge in [0.1, 0.15) is 6.61 Å². The molecule has 0 aliphatic carbocycles. The van der Waals surface area contributed by atoms with E-state index in [-0.39, 0.29) is 7.43 Å². The summed E-state index contributed by atoms with van der Waals surface area (Å²) in [6.45, 7) is 2.32. The maximum atomic E-state index is 8.98. The Morgan fingerprint density at radius 3 is 2.38 bits per heavy atom. The van der Waals surface area contributed by atoms with Crippen LogP contribution in [-0.2, 0) is 4.84 Å². The molecular formula is C5H13NO2. The molecule has 1 aliphatic rings. The van der Waals surface area contributed by atoms with Gasteiger partial charge in [-0.1, -0.05) is 14.4 Å². The lowest BCUT2D eigenvalue weighted by Gasteiger charge is -2.35. The zero-order valence-electron chi connectivity index (χ0n) is 4.27. The van der Waals surface area contributed by atoms with Gasteiger partial charge in [0, 0.05) is 0 Å². The molecule has 8 heavy (non-hydrogen) atoms. The molecule has 0 spiro atoms. The quantitative estimate of drug-likeness (QED) is 0.520. The summed E-state index contributed by atoms with van der Waals surface area (Å²) in [5.74, 6) is 0. The highest BCUT2D eigenvalue weighted by atomic mass is 16.7. The van der Waals surface area contributed by atoms with Crippen molar-refractivity contribution in [1.29, 1.82) is 0 Å². The number of hydroxylamine groups is 1. The third kappa shape index (κ3) is 1.18. The first kappa shape index (κ1) is 7.88. The minimum absolute atomic E-state index is 0. The van der Waals surface area contributed by atoms with Crippen LogP contribution in [0.15, 0.2) is 0 Å². The Morgan fingerprint density at radius 2 is 2.38 bits per heavy atom. The van der Waals surface area contributed by atoms with Gasteiger partial charge in [-0.15, -0.1) is 0 Å². The van der Waals surface area contributed by atoms with E-state index in [1.54, 1.807) is 0 Å². The van der Waals surface area contributed by atoms with Crippen LogP contribution in [0.25, 0.3) is 0 Å². The zero-order chi connectivity index (χ0) is 5.33. The number of hydrogen-bond acceptors (Lipinski definition) is 3. The molecule has 50 valence electrons. The Kier molecular flexibility index (Phi) is 2.40. The summed E-state index contributed by atoms with van der Waals surface area (Å²) in [6.07, 6.45) is 0.701. The molecule has 0 aromatic rings. The molecule has 0 radical (unpaired) electrons. The van der Waals surface area contributed by atoms with Crippen LogP contribution < -0.4 is 5.48 Å². The van der Waals surface area contributed by atoms with Crippen LogP contribution in [0.5, 0.6) is 0 Å². The van der Waals surface area contributed by atoms with Crippen LogP contribution in [0.2, 0.25) is 0 Å². The van der Waals surface area contributed by atoms with E-state index in [9.17, 15) is 0 Å². The van der Waals surface area contributed by atoms with Crippen molar-refractivity contribution >= 4 is 0 Å². The molecule has 3 heteroatoms. The van der Waals surface area contributed by atoms with E-state index >= 15 is 0 Å². The summed E-state index contributed by atoms with van der Waals surface area (Å²) < 4.78 is 0. The SMILES string of the molecule is C.CCC1(O)CON1. The van der Waals surface area contributed by atoms with Crippen molar-refractivity contribution in [1.82, 2.24) is 5.48 Å². The molecule has 1 aliphatic heterocycles. The number of aliphatic hydroxyl groups is 1. The molecule has 1 heterocycles. The zero-order valence-corrected chi connectivity index (χ0v) is 4.27. The first-order valence-electron chi connectivity index (χ1n) is 2.38. The van der Waals surface area contributed by atoms with E-state index < -0.39 is 5.72 Å². The Balaban J connectivity index is 0.000000490. The summed E-state index contributed by atoms with van der Waals surface area (Å²) in [6, 6.07) is 0. The van der Waals surface area contributed by atoms with Crippen LogP contribution in [-0.4, -0.2) is 17.4 Å². The van der Waals surface area contributed by atoms with Gasteiger partial charge in [0.2, 0.25) is 0 Å². The highest BCUT2D eigenvalue weighted by Crippen LogP contribution is 2.12. The second-order valence-electron chi connectivity index (χ2n) is 1.78. The standard InChI is InChI=1S/C4H9NO2.CH4/c1-2-4(6)3-7-5-4;/h5-6H,2-3H2,1H3;1H4. The molecule has 0 aromatic carbocycles. The van der Waals surface area contributed by atoms with Crippen molar-refractivity contribution in [2.24, 2.45) is 0 Å². The lowest BCUT2D eigenvalue weighted by molar-refractivity contribution is -0.260. The normalized spacial score (nSPS) is 35.2. The van der Waals surface area contributed by atoms with Gasteiger partial charge >= 0.3 is 0 Å². The van der Waals surface area contributed by atoms with Crippen LogP contribution in [0.3, 0.4) is 0 Å². The van der Waals surface area contributed by atoms with Crippen LogP contribution in [0.4, 0.5) is 0 Å². The molecule has 1 atom stereocenters. The second kappa shape index (κ2) is 2.44. The fourth-order valence-electron chi connectivity index (χ4n) is 0.413. The highest BCUT2D eigenvalue weighted by molar-refractivity contribution is 4.74. The van der Waals surface area contributed by atoms with Gasteiger partial charge in [-0.2, -0.15) is 5.48 Å². The van der Waals surface area contributed by atoms with Gasteiger partial charge in [-0.3, -0.25) is 4.84 Å². The lowest BCUT2D eigenvalue weighted by Crippen LogP contribution is -2.59. The van der Waals surface area contributed by atoms with Crippen LogP contribution in [0.1, 0.15) is 20.8 Å². The fourth-order valence-corrected chi connectivity index (χ4v) is 0.413. The monoisotopic (exact) mass is 119 g/mol. The Morgan fingerprint density at radius 1 is 1.88 bits per heavy atom. The third-order valence-electron chi connectivity index (χ3n) is 1.16. The summed E-state index contributed by atoms with van der Waals surface area (Å²) >= 11 is 0. The van der Waals surface area contributed by atoms with E-state index in [0.29, 0.717) is 13.0 Å². The maximum absolute atomic E-state index is 8.98. The van der Waals surface area contributed by atoms with Crippen molar-refractivity contribution in [2.75, 3.05) is 6.61 Å². The fraction of sp³-hybridized carbons (Fsp3) is 1.00. The van der Waals surface area contributed by atoms with Gasteiger partial charge in [0.05, 0.1) is 0 Å².